The first-order valence-electron chi connectivity index (χ1n) is 9.97. The molecule has 0 spiro atoms. The fourth-order valence-electron chi connectivity index (χ4n) is 3.69. The first kappa shape index (κ1) is 19.8. The van der Waals surface area contributed by atoms with Gasteiger partial charge < -0.3 is 10.2 Å². The Hall–Kier alpha value is -2.51. The summed E-state index contributed by atoms with van der Waals surface area (Å²) in [6.07, 6.45) is 3.22. The molecule has 2 aromatic carbocycles. The number of anilines is 1. The van der Waals surface area contributed by atoms with Gasteiger partial charge in [-0.1, -0.05) is 42.5 Å². The standard InChI is InChI=1S/C22H26N4O2S/c1-29(27,28)16-15-26-13-11-18(12-14-26)23-22-19-9-5-6-10-20(19)24-21(25-22)17-7-3-2-4-8-17/h2-10,18H,11-16H2,1H3,(H,23,24,25). The van der Waals surface area contributed by atoms with E-state index in [1.807, 2.05) is 54.6 Å². The zero-order valence-corrected chi connectivity index (χ0v) is 17.4. The Kier molecular flexibility index (Phi) is 5.78. The van der Waals surface area contributed by atoms with Crippen molar-refractivity contribution in [2.45, 2.75) is 18.9 Å². The molecule has 0 unspecified atom stereocenters. The van der Waals surface area contributed by atoms with Gasteiger partial charge in [0.1, 0.15) is 15.7 Å². The van der Waals surface area contributed by atoms with Gasteiger partial charge in [0.25, 0.3) is 0 Å². The number of benzene rings is 2. The van der Waals surface area contributed by atoms with Crippen LogP contribution in [-0.2, 0) is 9.84 Å². The second kappa shape index (κ2) is 8.47. The highest BCUT2D eigenvalue weighted by molar-refractivity contribution is 7.90. The lowest BCUT2D eigenvalue weighted by molar-refractivity contribution is 0.230. The molecule has 1 N–H and O–H groups in total. The van der Waals surface area contributed by atoms with Crippen LogP contribution in [-0.4, -0.2) is 61.0 Å². The summed E-state index contributed by atoms with van der Waals surface area (Å²) in [6.45, 7) is 2.39. The third kappa shape index (κ3) is 5.10. The van der Waals surface area contributed by atoms with E-state index in [1.165, 1.54) is 6.26 Å². The van der Waals surface area contributed by atoms with E-state index in [1.54, 1.807) is 0 Å². The molecular weight excluding hydrogens is 384 g/mol. The number of rotatable bonds is 6. The highest BCUT2D eigenvalue weighted by atomic mass is 32.2. The van der Waals surface area contributed by atoms with Gasteiger partial charge in [0.05, 0.1) is 11.3 Å². The summed E-state index contributed by atoms with van der Waals surface area (Å²) < 4.78 is 22.8. The Morgan fingerprint density at radius 3 is 2.41 bits per heavy atom. The minimum absolute atomic E-state index is 0.224. The van der Waals surface area contributed by atoms with Crippen molar-refractivity contribution in [3.63, 3.8) is 0 Å². The van der Waals surface area contributed by atoms with Gasteiger partial charge >= 0.3 is 0 Å². The van der Waals surface area contributed by atoms with E-state index in [4.69, 9.17) is 9.97 Å². The van der Waals surface area contributed by atoms with Crippen LogP contribution >= 0.6 is 0 Å². The van der Waals surface area contributed by atoms with Gasteiger partial charge in [0.15, 0.2) is 5.82 Å². The van der Waals surface area contributed by atoms with E-state index >= 15 is 0 Å². The van der Waals surface area contributed by atoms with E-state index in [0.717, 1.165) is 54.0 Å². The number of likely N-dealkylation sites (tertiary alicyclic amines) is 1. The van der Waals surface area contributed by atoms with Crippen LogP contribution in [0.15, 0.2) is 54.6 Å². The quantitative estimate of drug-likeness (QED) is 0.673. The number of hydrogen-bond acceptors (Lipinski definition) is 6. The average molecular weight is 411 g/mol. The molecule has 0 aliphatic carbocycles. The predicted octanol–water partition coefficient (Wildman–Crippen LogP) is 3.22. The van der Waals surface area contributed by atoms with Gasteiger partial charge in [0.2, 0.25) is 0 Å². The van der Waals surface area contributed by atoms with Gasteiger partial charge in [-0.05, 0) is 25.0 Å². The molecule has 1 aliphatic heterocycles. The van der Waals surface area contributed by atoms with Crippen molar-refractivity contribution in [2.75, 3.05) is 37.0 Å². The number of hydrogen-bond donors (Lipinski definition) is 1. The molecule has 4 rings (SSSR count). The van der Waals surface area contributed by atoms with E-state index in [9.17, 15) is 8.42 Å². The number of fused-ring (bicyclic) bond motifs is 1. The van der Waals surface area contributed by atoms with Crippen LogP contribution in [0.3, 0.4) is 0 Å². The molecule has 29 heavy (non-hydrogen) atoms. The maximum Gasteiger partial charge on any atom is 0.162 e. The monoisotopic (exact) mass is 410 g/mol. The second-order valence-electron chi connectivity index (χ2n) is 7.67. The van der Waals surface area contributed by atoms with Crippen molar-refractivity contribution >= 4 is 26.6 Å². The Morgan fingerprint density at radius 1 is 1.00 bits per heavy atom. The van der Waals surface area contributed by atoms with Crippen molar-refractivity contribution in [3.8, 4) is 11.4 Å². The highest BCUT2D eigenvalue weighted by Gasteiger charge is 2.21. The lowest BCUT2D eigenvalue weighted by Gasteiger charge is -2.32. The van der Waals surface area contributed by atoms with Gasteiger partial charge in [0, 0.05) is 42.9 Å². The van der Waals surface area contributed by atoms with Crippen LogP contribution < -0.4 is 5.32 Å². The van der Waals surface area contributed by atoms with Crippen LogP contribution in [0.2, 0.25) is 0 Å². The van der Waals surface area contributed by atoms with Gasteiger partial charge in [-0.25, -0.2) is 18.4 Å². The first-order chi connectivity index (χ1) is 14.0. The van der Waals surface area contributed by atoms with Crippen molar-refractivity contribution in [1.29, 1.82) is 0 Å². The summed E-state index contributed by atoms with van der Waals surface area (Å²) in [5, 5.41) is 4.65. The van der Waals surface area contributed by atoms with Crippen LogP contribution in [0.4, 0.5) is 5.82 Å². The van der Waals surface area contributed by atoms with E-state index in [2.05, 4.69) is 10.2 Å². The molecule has 1 aromatic heterocycles. The van der Waals surface area contributed by atoms with E-state index < -0.39 is 9.84 Å². The lowest BCUT2D eigenvalue weighted by atomic mass is 10.0. The molecule has 7 heteroatoms. The smallest absolute Gasteiger partial charge is 0.162 e. The Morgan fingerprint density at radius 2 is 1.69 bits per heavy atom. The maximum atomic E-state index is 11.4. The fraction of sp³-hybridized carbons (Fsp3) is 0.364. The lowest BCUT2D eigenvalue weighted by Crippen LogP contribution is -2.41. The predicted molar refractivity (Wildman–Crippen MR) is 118 cm³/mol. The van der Waals surface area contributed by atoms with E-state index in [-0.39, 0.29) is 5.75 Å². The van der Waals surface area contributed by atoms with Crippen LogP contribution in [0.5, 0.6) is 0 Å². The molecule has 0 saturated carbocycles. The van der Waals surface area contributed by atoms with Gasteiger partial charge in [-0.2, -0.15) is 0 Å². The number of aromatic nitrogens is 2. The Labute approximate surface area is 171 Å². The number of nitrogens with one attached hydrogen (secondary N) is 1. The van der Waals surface area contributed by atoms with Crippen LogP contribution in [0.25, 0.3) is 22.3 Å². The highest BCUT2D eigenvalue weighted by Crippen LogP contribution is 2.26. The maximum absolute atomic E-state index is 11.4. The molecule has 1 saturated heterocycles. The molecule has 0 amide bonds. The first-order valence-corrected chi connectivity index (χ1v) is 12.0. The molecule has 1 aliphatic rings. The zero-order valence-electron chi connectivity index (χ0n) is 16.6. The van der Waals surface area contributed by atoms with Crippen molar-refractivity contribution in [2.24, 2.45) is 0 Å². The number of piperidine rings is 1. The summed E-state index contributed by atoms with van der Waals surface area (Å²) in [7, 11) is -2.92. The minimum Gasteiger partial charge on any atom is -0.367 e. The minimum atomic E-state index is -2.92. The van der Waals surface area contributed by atoms with Gasteiger partial charge in [-0.15, -0.1) is 0 Å². The second-order valence-corrected chi connectivity index (χ2v) is 9.93. The Bertz CT molecular complexity index is 1080. The molecule has 0 atom stereocenters. The third-order valence-corrected chi connectivity index (χ3v) is 6.27. The Balaban J connectivity index is 1.51. The molecule has 0 bridgehead atoms. The summed E-state index contributed by atoms with van der Waals surface area (Å²) >= 11 is 0. The van der Waals surface area contributed by atoms with Crippen molar-refractivity contribution in [1.82, 2.24) is 14.9 Å². The zero-order chi connectivity index (χ0) is 20.3. The van der Waals surface area contributed by atoms with E-state index in [0.29, 0.717) is 12.6 Å². The van der Waals surface area contributed by atoms with Crippen molar-refractivity contribution in [3.05, 3.63) is 54.6 Å². The molecule has 0 radical (unpaired) electrons. The number of nitrogens with zero attached hydrogens (tertiary/aromatic N) is 3. The summed E-state index contributed by atoms with van der Waals surface area (Å²) in [4.78, 5) is 11.8. The van der Waals surface area contributed by atoms with Gasteiger partial charge in [-0.3, -0.25) is 0 Å². The molecular formula is C22H26N4O2S. The van der Waals surface area contributed by atoms with Crippen molar-refractivity contribution < 1.29 is 8.42 Å². The molecule has 6 nitrogen and oxygen atoms in total. The van der Waals surface area contributed by atoms with Crippen LogP contribution in [0, 0.1) is 0 Å². The average Bonchev–Trinajstić information content (AvgIpc) is 2.73. The SMILES string of the molecule is CS(=O)(=O)CCN1CCC(Nc2nc(-c3ccccc3)nc3ccccc23)CC1. The molecule has 3 aromatic rings. The topological polar surface area (TPSA) is 75.2 Å². The largest absolute Gasteiger partial charge is 0.367 e. The summed E-state index contributed by atoms with van der Waals surface area (Å²) in [5.74, 6) is 1.81. The third-order valence-electron chi connectivity index (χ3n) is 5.34. The number of para-hydroxylation sites is 1. The summed E-state index contributed by atoms with van der Waals surface area (Å²) in [6, 6.07) is 18.4. The molecule has 152 valence electrons. The summed E-state index contributed by atoms with van der Waals surface area (Å²) in [5.41, 5.74) is 1.92. The molecule has 2 heterocycles. The fourth-order valence-corrected chi connectivity index (χ4v) is 4.28. The number of sulfone groups is 1. The van der Waals surface area contributed by atoms with Crippen LogP contribution in [0.1, 0.15) is 12.8 Å². The molecule has 1 fully saturated rings. The normalized spacial score (nSPS) is 16.2.